The van der Waals surface area contributed by atoms with E-state index in [2.05, 4.69) is 29.2 Å². The van der Waals surface area contributed by atoms with E-state index in [-0.39, 0.29) is 6.10 Å². The average Bonchev–Trinajstić information content (AvgIpc) is 3.24. The van der Waals surface area contributed by atoms with Crippen LogP contribution in [0.25, 0.3) is 0 Å². The zero-order chi connectivity index (χ0) is 18.1. The average molecular weight is 372 g/mol. The van der Waals surface area contributed by atoms with Crippen LogP contribution in [-0.2, 0) is 16.3 Å². The molecule has 1 heterocycles. The lowest BCUT2D eigenvalue weighted by Crippen LogP contribution is -2.30. The SMILES string of the molecule is CS(=O)(=O)c1ccc(O[C@H]2c3ccccc3C[C@@H]2CN2CCCC2)cc1. The molecule has 2 aliphatic rings. The first kappa shape index (κ1) is 17.6. The summed E-state index contributed by atoms with van der Waals surface area (Å²) >= 11 is 0. The monoisotopic (exact) mass is 371 g/mol. The summed E-state index contributed by atoms with van der Waals surface area (Å²) in [4.78, 5) is 2.87. The van der Waals surface area contributed by atoms with Crippen LogP contribution in [-0.4, -0.2) is 39.2 Å². The summed E-state index contributed by atoms with van der Waals surface area (Å²) in [5.74, 6) is 1.16. The first-order chi connectivity index (χ1) is 12.5. The quantitative estimate of drug-likeness (QED) is 0.807. The Hall–Kier alpha value is -1.85. The van der Waals surface area contributed by atoms with Crippen molar-refractivity contribution in [3.63, 3.8) is 0 Å². The predicted octanol–water partition coefficient (Wildman–Crippen LogP) is 3.48. The fraction of sp³-hybridized carbons (Fsp3) is 0.429. The molecule has 4 rings (SSSR count). The molecule has 1 aliphatic heterocycles. The summed E-state index contributed by atoms with van der Waals surface area (Å²) < 4.78 is 29.7. The molecule has 1 aliphatic carbocycles. The molecule has 0 unspecified atom stereocenters. The van der Waals surface area contributed by atoms with Gasteiger partial charge in [-0.3, -0.25) is 0 Å². The molecule has 2 atom stereocenters. The van der Waals surface area contributed by atoms with E-state index in [9.17, 15) is 8.42 Å². The van der Waals surface area contributed by atoms with E-state index in [1.165, 1.54) is 43.3 Å². The summed E-state index contributed by atoms with van der Waals surface area (Å²) in [6.07, 6.45) is 4.87. The van der Waals surface area contributed by atoms with E-state index >= 15 is 0 Å². The van der Waals surface area contributed by atoms with Crippen molar-refractivity contribution < 1.29 is 13.2 Å². The van der Waals surface area contributed by atoms with Crippen LogP contribution < -0.4 is 4.74 Å². The zero-order valence-corrected chi connectivity index (χ0v) is 15.9. The van der Waals surface area contributed by atoms with Gasteiger partial charge in [0, 0.05) is 18.7 Å². The van der Waals surface area contributed by atoms with Crippen LogP contribution in [0.4, 0.5) is 0 Å². The standard InChI is InChI=1S/C21H25NO3S/c1-26(23,24)19-10-8-18(9-11-19)25-21-17(15-22-12-4-5-13-22)14-16-6-2-3-7-20(16)21/h2-3,6-11,17,21H,4-5,12-15H2,1H3/t17-,21-/m1/s1. The molecule has 2 aromatic carbocycles. The van der Waals surface area contributed by atoms with Gasteiger partial charge in [-0.15, -0.1) is 0 Å². The molecular weight excluding hydrogens is 346 g/mol. The van der Waals surface area contributed by atoms with Crippen molar-refractivity contribution >= 4 is 9.84 Å². The van der Waals surface area contributed by atoms with Crippen molar-refractivity contribution in [2.24, 2.45) is 5.92 Å². The topological polar surface area (TPSA) is 46.6 Å². The van der Waals surface area contributed by atoms with Crippen LogP contribution in [0.1, 0.15) is 30.1 Å². The number of fused-ring (bicyclic) bond motifs is 1. The van der Waals surface area contributed by atoms with Gasteiger partial charge in [-0.1, -0.05) is 24.3 Å². The van der Waals surface area contributed by atoms with Crippen molar-refractivity contribution in [1.82, 2.24) is 4.90 Å². The lowest BCUT2D eigenvalue weighted by atomic mass is 10.0. The molecule has 0 spiro atoms. The third-order valence-electron chi connectivity index (χ3n) is 5.48. The minimum Gasteiger partial charge on any atom is -0.485 e. The molecule has 0 aromatic heterocycles. The summed E-state index contributed by atoms with van der Waals surface area (Å²) in [5.41, 5.74) is 2.64. The van der Waals surface area contributed by atoms with E-state index in [1.807, 2.05) is 0 Å². The van der Waals surface area contributed by atoms with Gasteiger partial charge in [-0.05, 0) is 67.7 Å². The van der Waals surface area contributed by atoms with Crippen LogP contribution >= 0.6 is 0 Å². The minimum absolute atomic E-state index is 0.0240. The molecular formula is C21H25NO3S. The number of benzene rings is 2. The number of nitrogens with zero attached hydrogens (tertiary/aromatic N) is 1. The van der Waals surface area contributed by atoms with Gasteiger partial charge in [-0.2, -0.15) is 0 Å². The Morgan fingerprint density at radius 2 is 1.73 bits per heavy atom. The lowest BCUT2D eigenvalue weighted by molar-refractivity contribution is 0.121. The number of rotatable bonds is 5. The molecule has 0 amide bonds. The molecule has 0 N–H and O–H groups in total. The van der Waals surface area contributed by atoms with Gasteiger partial charge in [0.25, 0.3) is 0 Å². The van der Waals surface area contributed by atoms with Gasteiger partial charge in [0.1, 0.15) is 11.9 Å². The second-order valence-electron chi connectivity index (χ2n) is 7.45. The Labute approximate surface area is 155 Å². The minimum atomic E-state index is -3.18. The van der Waals surface area contributed by atoms with Gasteiger partial charge in [0.15, 0.2) is 9.84 Å². The summed E-state index contributed by atoms with van der Waals surface area (Å²) in [7, 11) is -3.18. The number of ether oxygens (including phenoxy) is 1. The molecule has 4 nitrogen and oxygen atoms in total. The smallest absolute Gasteiger partial charge is 0.175 e. The van der Waals surface area contributed by atoms with Crippen LogP contribution in [0.2, 0.25) is 0 Å². The maximum absolute atomic E-state index is 11.7. The summed E-state index contributed by atoms with van der Waals surface area (Å²) in [5, 5.41) is 0. The summed E-state index contributed by atoms with van der Waals surface area (Å²) in [6.45, 7) is 3.42. The van der Waals surface area contributed by atoms with E-state index in [0.717, 1.165) is 18.7 Å². The van der Waals surface area contributed by atoms with Crippen LogP contribution in [0.15, 0.2) is 53.4 Å². The molecule has 26 heavy (non-hydrogen) atoms. The fourth-order valence-electron chi connectivity index (χ4n) is 4.17. The molecule has 2 aromatic rings. The van der Waals surface area contributed by atoms with Crippen molar-refractivity contribution in [3.8, 4) is 5.75 Å². The second kappa shape index (κ2) is 7.05. The van der Waals surface area contributed by atoms with Gasteiger partial charge in [0.2, 0.25) is 0 Å². The van der Waals surface area contributed by atoms with Gasteiger partial charge in [-0.25, -0.2) is 8.42 Å². The van der Waals surface area contributed by atoms with Crippen molar-refractivity contribution in [3.05, 3.63) is 59.7 Å². The number of likely N-dealkylation sites (tertiary alicyclic amines) is 1. The number of hydrogen-bond donors (Lipinski definition) is 0. The van der Waals surface area contributed by atoms with Crippen LogP contribution in [0.3, 0.4) is 0 Å². The molecule has 5 heteroatoms. The molecule has 0 radical (unpaired) electrons. The zero-order valence-electron chi connectivity index (χ0n) is 15.1. The number of hydrogen-bond acceptors (Lipinski definition) is 4. The van der Waals surface area contributed by atoms with Crippen LogP contribution in [0, 0.1) is 5.92 Å². The van der Waals surface area contributed by atoms with Gasteiger partial charge < -0.3 is 9.64 Å². The lowest BCUT2D eigenvalue weighted by Gasteiger charge is -2.26. The first-order valence-corrected chi connectivity index (χ1v) is 11.2. The highest BCUT2D eigenvalue weighted by Gasteiger charge is 2.35. The fourth-order valence-corrected chi connectivity index (χ4v) is 4.80. The normalized spacial score (nSPS) is 23.1. The largest absolute Gasteiger partial charge is 0.485 e. The Morgan fingerprint density at radius 3 is 2.42 bits per heavy atom. The Balaban J connectivity index is 1.56. The highest BCUT2D eigenvalue weighted by atomic mass is 32.2. The van der Waals surface area contributed by atoms with E-state index in [0.29, 0.717) is 10.8 Å². The van der Waals surface area contributed by atoms with E-state index < -0.39 is 9.84 Å². The Bertz CT molecular complexity index is 870. The van der Waals surface area contributed by atoms with Gasteiger partial charge >= 0.3 is 0 Å². The molecule has 1 saturated heterocycles. The molecule has 138 valence electrons. The maximum atomic E-state index is 11.7. The third kappa shape index (κ3) is 3.64. The van der Waals surface area contributed by atoms with Crippen LogP contribution in [0.5, 0.6) is 5.75 Å². The highest BCUT2D eigenvalue weighted by molar-refractivity contribution is 7.90. The second-order valence-corrected chi connectivity index (χ2v) is 9.47. The van der Waals surface area contributed by atoms with Crippen molar-refractivity contribution in [1.29, 1.82) is 0 Å². The number of sulfone groups is 1. The highest BCUT2D eigenvalue weighted by Crippen LogP contribution is 2.40. The Morgan fingerprint density at radius 1 is 1.04 bits per heavy atom. The molecule has 1 fully saturated rings. The van der Waals surface area contributed by atoms with E-state index in [4.69, 9.17) is 4.74 Å². The third-order valence-corrected chi connectivity index (χ3v) is 6.61. The molecule has 0 bridgehead atoms. The van der Waals surface area contributed by atoms with E-state index in [1.54, 1.807) is 24.3 Å². The predicted molar refractivity (Wildman–Crippen MR) is 102 cm³/mol. The molecule has 0 saturated carbocycles. The van der Waals surface area contributed by atoms with Gasteiger partial charge in [0.05, 0.1) is 4.90 Å². The van der Waals surface area contributed by atoms with Crippen molar-refractivity contribution in [2.75, 3.05) is 25.9 Å². The van der Waals surface area contributed by atoms with Crippen molar-refractivity contribution in [2.45, 2.75) is 30.3 Å². The summed E-state index contributed by atoms with van der Waals surface area (Å²) in [6, 6.07) is 15.3. The maximum Gasteiger partial charge on any atom is 0.175 e. The first-order valence-electron chi connectivity index (χ1n) is 9.27. The Kier molecular flexibility index (Phi) is 4.76.